The highest BCUT2D eigenvalue weighted by molar-refractivity contribution is 5.74. The number of nitrogens with one attached hydrogen (secondary N) is 2. The van der Waals surface area contributed by atoms with Gasteiger partial charge in [-0.3, -0.25) is 0 Å². The molecule has 12 heavy (non-hydrogen) atoms. The summed E-state index contributed by atoms with van der Waals surface area (Å²) in [6.45, 7) is 4.91. The molecule has 0 aromatic carbocycles. The standard InChI is InChI=1S/C9H18N2O/c1-3-7-10-8(12)11-9(2)5-4-6-9/h3-7H2,1-2H3,(H2,10,11,12). The average molecular weight is 170 g/mol. The molecule has 2 amide bonds. The summed E-state index contributed by atoms with van der Waals surface area (Å²) >= 11 is 0. The third-order valence-electron chi connectivity index (χ3n) is 2.41. The number of hydrogen-bond acceptors (Lipinski definition) is 1. The fourth-order valence-corrected chi connectivity index (χ4v) is 1.39. The van der Waals surface area contributed by atoms with Gasteiger partial charge in [-0.2, -0.15) is 0 Å². The Labute approximate surface area is 73.9 Å². The second-order valence-corrected chi connectivity index (χ2v) is 3.80. The normalized spacial score (nSPS) is 19.5. The molecule has 0 radical (unpaired) electrons. The zero-order valence-electron chi connectivity index (χ0n) is 7.94. The quantitative estimate of drug-likeness (QED) is 0.664. The molecule has 0 aromatic rings. The summed E-state index contributed by atoms with van der Waals surface area (Å²) in [5.41, 5.74) is 0.0812. The van der Waals surface area contributed by atoms with Crippen LogP contribution < -0.4 is 10.6 Å². The Kier molecular flexibility index (Phi) is 2.95. The van der Waals surface area contributed by atoms with Crippen molar-refractivity contribution in [3.63, 3.8) is 0 Å². The van der Waals surface area contributed by atoms with Crippen LogP contribution in [0.4, 0.5) is 4.79 Å². The van der Waals surface area contributed by atoms with E-state index in [0.717, 1.165) is 25.8 Å². The van der Waals surface area contributed by atoms with Crippen molar-refractivity contribution >= 4 is 6.03 Å². The molecule has 0 aromatic heterocycles. The van der Waals surface area contributed by atoms with E-state index < -0.39 is 0 Å². The molecule has 0 saturated heterocycles. The second kappa shape index (κ2) is 3.78. The van der Waals surface area contributed by atoms with Crippen LogP contribution in [0.1, 0.15) is 39.5 Å². The number of carbonyl (C=O) groups is 1. The fourth-order valence-electron chi connectivity index (χ4n) is 1.39. The molecule has 1 rings (SSSR count). The van der Waals surface area contributed by atoms with Crippen molar-refractivity contribution in [3.8, 4) is 0 Å². The minimum absolute atomic E-state index is 0.0148. The number of hydrogen-bond donors (Lipinski definition) is 2. The Morgan fingerprint density at radius 3 is 2.58 bits per heavy atom. The van der Waals surface area contributed by atoms with Gasteiger partial charge < -0.3 is 10.6 Å². The molecule has 1 aliphatic carbocycles. The van der Waals surface area contributed by atoms with Crippen LogP contribution in [0.2, 0.25) is 0 Å². The first-order valence-electron chi connectivity index (χ1n) is 4.72. The third kappa shape index (κ3) is 2.40. The molecular weight excluding hydrogens is 152 g/mol. The highest BCUT2D eigenvalue weighted by Gasteiger charge is 2.32. The predicted molar refractivity (Wildman–Crippen MR) is 49.1 cm³/mol. The van der Waals surface area contributed by atoms with E-state index in [4.69, 9.17) is 0 Å². The lowest BCUT2D eigenvalue weighted by molar-refractivity contribution is 0.191. The molecule has 2 N–H and O–H groups in total. The van der Waals surface area contributed by atoms with E-state index in [0.29, 0.717) is 0 Å². The lowest BCUT2D eigenvalue weighted by atomic mass is 9.79. The van der Waals surface area contributed by atoms with Gasteiger partial charge in [0.2, 0.25) is 0 Å². The van der Waals surface area contributed by atoms with Crippen molar-refractivity contribution in [1.29, 1.82) is 0 Å². The Morgan fingerprint density at radius 2 is 2.17 bits per heavy atom. The summed E-state index contributed by atoms with van der Waals surface area (Å²) in [5, 5.41) is 5.78. The largest absolute Gasteiger partial charge is 0.338 e. The molecule has 1 fully saturated rings. The van der Waals surface area contributed by atoms with Gasteiger partial charge in [0.15, 0.2) is 0 Å². The van der Waals surface area contributed by atoms with Gasteiger partial charge in [-0.15, -0.1) is 0 Å². The second-order valence-electron chi connectivity index (χ2n) is 3.80. The zero-order valence-corrected chi connectivity index (χ0v) is 7.94. The van der Waals surface area contributed by atoms with Crippen LogP contribution in [0.5, 0.6) is 0 Å². The number of amides is 2. The summed E-state index contributed by atoms with van der Waals surface area (Å²) in [5.74, 6) is 0. The molecule has 0 spiro atoms. The van der Waals surface area contributed by atoms with Crippen molar-refractivity contribution in [2.24, 2.45) is 0 Å². The SMILES string of the molecule is CCCNC(=O)NC1(C)CCC1. The minimum Gasteiger partial charge on any atom is -0.338 e. The van der Waals surface area contributed by atoms with Crippen LogP contribution >= 0.6 is 0 Å². The summed E-state index contributed by atoms with van der Waals surface area (Å²) in [7, 11) is 0. The van der Waals surface area contributed by atoms with Gasteiger partial charge in [0.05, 0.1) is 0 Å². The topological polar surface area (TPSA) is 41.1 Å². The third-order valence-corrected chi connectivity index (χ3v) is 2.41. The molecule has 1 aliphatic rings. The number of carbonyl (C=O) groups excluding carboxylic acids is 1. The highest BCUT2D eigenvalue weighted by atomic mass is 16.2. The van der Waals surface area contributed by atoms with Gasteiger partial charge in [-0.1, -0.05) is 6.92 Å². The lowest BCUT2D eigenvalue weighted by Gasteiger charge is -2.38. The minimum atomic E-state index is -0.0148. The molecule has 0 aliphatic heterocycles. The van der Waals surface area contributed by atoms with Gasteiger partial charge >= 0.3 is 6.03 Å². The van der Waals surface area contributed by atoms with Crippen molar-refractivity contribution in [3.05, 3.63) is 0 Å². The van der Waals surface area contributed by atoms with Crippen LogP contribution in [-0.4, -0.2) is 18.1 Å². The van der Waals surface area contributed by atoms with Crippen LogP contribution in [-0.2, 0) is 0 Å². The van der Waals surface area contributed by atoms with E-state index in [1.807, 2.05) is 6.92 Å². The molecule has 0 unspecified atom stereocenters. The zero-order chi connectivity index (χ0) is 9.03. The first-order chi connectivity index (χ1) is 5.66. The first-order valence-corrected chi connectivity index (χ1v) is 4.72. The van der Waals surface area contributed by atoms with E-state index in [-0.39, 0.29) is 11.6 Å². The van der Waals surface area contributed by atoms with Crippen LogP contribution in [0.15, 0.2) is 0 Å². The molecule has 3 nitrogen and oxygen atoms in total. The van der Waals surface area contributed by atoms with Crippen molar-refractivity contribution in [2.75, 3.05) is 6.54 Å². The number of urea groups is 1. The molecule has 0 bridgehead atoms. The van der Waals surface area contributed by atoms with E-state index in [1.165, 1.54) is 6.42 Å². The summed E-state index contributed by atoms with van der Waals surface area (Å²) < 4.78 is 0. The van der Waals surface area contributed by atoms with Gasteiger partial charge in [0.1, 0.15) is 0 Å². The molecule has 3 heteroatoms. The molecule has 0 heterocycles. The van der Waals surface area contributed by atoms with E-state index >= 15 is 0 Å². The average Bonchev–Trinajstić information content (AvgIpc) is 1.98. The smallest absolute Gasteiger partial charge is 0.315 e. The maximum atomic E-state index is 11.2. The van der Waals surface area contributed by atoms with E-state index in [2.05, 4.69) is 17.6 Å². The monoisotopic (exact) mass is 170 g/mol. The van der Waals surface area contributed by atoms with Gasteiger partial charge in [-0.05, 0) is 32.6 Å². The number of rotatable bonds is 3. The molecule has 70 valence electrons. The van der Waals surface area contributed by atoms with Gasteiger partial charge in [0, 0.05) is 12.1 Å². The molecular formula is C9H18N2O. The van der Waals surface area contributed by atoms with Gasteiger partial charge in [0.25, 0.3) is 0 Å². The lowest BCUT2D eigenvalue weighted by Crippen LogP contribution is -2.54. The van der Waals surface area contributed by atoms with Crippen LogP contribution in [0.25, 0.3) is 0 Å². The van der Waals surface area contributed by atoms with Crippen molar-refractivity contribution in [1.82, 2.24) is 10.6 Å². The fraction of sp³-hybridized carbons (Fsp3) is 0.889. The summed E-state index contributed by atoms with van der Waals surface area (Å²) in [4.78, 5) is 11.2. The maximum Gasteiger partial charge on any atom is 0.315 e. The Hall–Kier alpha value is -0.730. The van der Waals surface area contributed by atoms with Crippen LogP contribution in [0.3, 0.4) is 0 Å². The molecule has 1 saturated carbocycles. The van der Waals surface area contributed by atoms with E-state index in [1.54, 1.807) is 0 Å². The van der Waals surface area contributed by atoms with Crippen molar-refractivity contribution in [2.45, 2.75) is 45.1 Å². The summed E-state index contributed by atoms with van der Waals surface area (Å²) in [6.07, 6.45) is 4.47. The maximum absolute atomic E-state index is 11.2. The highest BCUT2D eigenvalue weighted by Crippen LogP contribution is 2.30. The van der Waals surface area contributed by atoms with Crippen molar-refractivity contribution < 1.29 is 4.79 Å². The summed E-state index contributed by atoms with van der Waals surface area (Å²) in [6, 6.07) is -0.0148. The van der Waals surface area contributed by atoms with Crippen LogP contribution in [0, 0.1) is 0 Å². The Morgan fingerprint density at radius 1 is 1.50 bits per heavy atom. The molecule has 0 atom stereocenters. The Bertz CT molecular complexity index is 164. The Balaban J connectivity index is 2.16. The van der Waals surface area contributed by atoms with Gasteiger partial charge in [-0.25, -0.2) is 4.79 Å². The van der Waals surface area contributed by atoms with E-state index in [9.17, 15) is 4.79 Å². The predicted octanol–water partition coefficient (Wildman–Crippen LogP) is 1.64. The first kappa shape index (κ1) is 9.36.